The molecule has 0 aromatic heterocycles. The van der Waals surface area contributed by atoms with Crippen molar-refractivity contribution in [1.82, 2.24) is 21.3 Å². The average Bonchev–Trinajstić information content (AvgIpc) is 3.36. The Morgan fingerprint density at radius 2 is 1.49 bits per heavy atom. The van der Waals surface area contributed by atoms with Gasteiger partial charge in [0.05, 0.1) is 12.5 Å². The summed E-state index contributed by atoms with van der Waals surface area (Å²) in [4.78, 5) is 72.2. The minimum atomic E-state index is -1.56. The third-order valence-corrected chi connectivity index (χ3v) is 5.66. The second-order valence-electron chi connectivity index (χ2n) is 8.57. The molecule has 4 atom stereocenters. The summed E-state index contributed by atoms with van der Waals surface area (Å²) in [5.41, 5.74) is 0.473. The summed E-state index contributed by atoms with van der Waals surface area (Å²) in [6.45, 7) is 0.584. The fourth-order valence-electron chi connectivity index (χ4n) is 3.71. The molecule has 4 unspecified atom stereocenters. The van der Waals surface area contributed by atoms with Crippen molar-refractivity contribution in [2.75, 3.05) is 6.54 Å². The van der Waals surface area contributed by atoms with Crippen LogP contribution < -0.4 is 21.3 Å². The van der Waals surface area contributed by atoms with Crippen LogP contribution in [0, 0.1) is 0 Å². The zero-order chi connectivity index (χ0) is 27.5. The third kappa shape index (κ3) is 9.76. The predicted molar refractivity (Wildman–Crippen MR) is 125 cm³/mol. The van der Waals surface area contributed by atoms with Gasteiger partial charge in [0.15, 0.2) is 0 Å². The van der Waals surface area contributed by atoms with Gasteiger partial charge in [0, 0.05) is 12.8 Å². The first-order chi connectivity index (χ1) is 17.5. The number of hydrogen-bond acceptors (Lipinski definition) is 8. The molecule has 0 spiro atoms. The maximum Gasteiger partial charge on any atom is 0.326 e. The number of carbonyl (C=O) groups excluding carboxylic acids is 3. The van der Waals surface area contributed by atoms with E-state index in [1.54, 1.807) is 0 Å². The number of carboxylic acids is 3. The number of phenols is 1. The molecular weight excluding hydrogens is 492 g/mol. The van der Waals surface area contributed by atoms with E-state index in [2.05, 4.69) is 21.3 Å². The molecule has 1 saturated heterocycles. The van der Waals surface area contributed by atoms with Crippen LogP contribution in [-0.2, 0) is 35.2 Å². The number of amides is 3. The van der Waals surface area contributed by atoms with Crippen LogP contribution in [0.4, 0.5) is 0 Å². The minimum absolute atomic E-state index is 0.0390. The van der Waals surface area contributed by atoms with Crippen LogP contribution in [0.3, 0.4) is 0 Å². The highest BCUT2D eigenvalue weighted by atomic mass is 16.4. The first-order valence-electron chi connectivity index (χ1n) is 11.5. The molecule has 3 amide bonds. The number of aromatic hydroxyl groups is 1. The Hall–Kier alpha value is -4.20. The standard InChI is InChI=1S/C23H30N4O10/c28-13-5-3-12(4-6-13)10-17(23(36)37)27-21(34)15(7-8-18(29)30)25-22(35)16(11-19(31)32)26-20(33)14-2-1-9-24-14/h3-6,14-17,24,28H,1-2,7-11H2,(H,25,35)(H,26,33)(H,27,34)(H,29,30)(H,31,32)(H,36,37). The molecule has 1 aliphatic rings. The van der Waals surface area contributed by atoms with Gasteiger partial charge in [-0.1, -0.05) is 12.1 Å². The van der Waals surface area contributed by atoms with Crippen molar-refractivity contribution in [2.24, 2.45) is 0 Å². The highest BCUT2D eigenvalue weighted by Crippen LogP contribution is 2.12. The van der Waals surface area contributed by atoms with E-state index in [0.29, 0.717) is 18.5 Å². The number of rotatable bonds is 14. The van der Waals surface area contributed by atoms with Gasteiger partial charge >= 0.3 is 17.9 Å². The van der Waals surface area contributed by atoms with Crippen molar-refractivity contribution < 1.29 is 49.2 Å². The topological polar surface area (TPSA) is 231 Å². The van der Waals surface area contributed by atoms with Gasteiger partial charge in [0.2, 0.25) is 17.7 Å². The number of aliphatic carboxylic acids is 3. The molecule has 14 heteroatoms. The van der Waals surface area contributed by atoms with Gasteiger partial charge in [-0.15, -0.1) is 0 Å². The predicted octanol–water partition coefficient (Wildman–Crippen LogP) is -1.43. The number of hydrogen-bond donors (Lipinski definition) is 8. The summed E-state index contributed by atoms with van der Waals surface area (Å²) in [6, 6.07) is 0.450. The largest absolute Gasteiger partial charge is 0.508 e. The van der Waals surface area contributed by atoms with Crippen LogP contribution in [0.1, 0.15) is 37.7 Å². The normalized spacial score (nSPS) is 17.1. The first-order valence-corrected chi connectivity index (χ1v) is 11.5. The summed E-state index contributed by atoms with van der Waals surface area (Å²) < 4.78 is 0. The maximum absolute atomic E-state index is 12.9. The number of phenolic OH excluding ortho intramolecular Hbond substituents is 1. The van der Waals surface area contributed by atoms with Crippen molar-refractivity contribution in [3.8, 4) is 5.75 Å². The van der Waals surface area contributed by atoms with E-state index in [-0.39, 0.29) is 12.2 Å². The molecule has 202 valence electrons. The lowest BCUT2D eigenvalue weighted by atomic mass is 10.0. The lowest BCUT2D eigenvalue weighted by Crippen LogP contribution is -2.57. The van der Waals surface area contributed by atoms with E-state index in [4.69, 9.17) is 5.11 Å². The highest BCUT2D eigenvalue weighted by Gasteiger charge is 2.32. The van der Waals surface area contributed by atoms with Crippen molar-refractivity contribution in [3.63, 3.8) is 0 Å². The van der Waals surface area contributed by atoms with E-state index >= 15 is 0 Å². The Morgan fingerprint density at radius 3 is 2.03 bits per heavy atom. The lowest BCUT2D eigenvalue weighted by molar-refractivity contribution is -0.143. The van der Waals surface area contributed by atoms with Gasteiger partial charge in [-0.05, 0) is 43.5 Å². The molecule has 1 fully saturated rings. The number of nitrogens with one attached hydrogen (secondary N) is 4. The molecule has 0 aliphatic carbocycles. The number of carbonyl (C=O) groups is 6. The fourth-order valence-corrected chi connectivity index (χ4v) is 3.71. The van der Waals surface area contributed by atoms with Crippen molar-refractivity contribution in [2.45, 2.75) is 62.7 Å². The Bertz CT molecular complexity index is 1010. The molecular formula is C23H30N4O10. The zero-order valence-electron chi connectivity index (χ0n) is 19.8. The summed E-state index contributed by atoms with van der Waals surface area (Å²) in [5, 5.41) is 46.9. The lowest BCUT2D eigenvalue weighted by Gasteiger charge is -2.24. The molecule has 37 heavy (non-hydrogen) atoms. The average molecular weight is 523 g/mol. The zero-order valence-corrected chi connectivity index (χ0v) is 19.8. The molecule has 1 aromatic carbocycles. The minimum Gasteiger partial charge on any atom is -0.508 e. The van der Waals surface area contributed by atoms with Crippen LogP contribution in [0.2, 0.25) is 0 Å². The van der Waals surface area contributed by atoms with E-state index < -0.39 is 79.1 Å². The Kier molecular flexibility index (Phi) is 10.8. The first kappa shape index (κ1) is 29.0. The Balaban J connectivity index is 2.14. The Labute approximate surface area is 211 Å². The molecule has 0 saturated carbocycles. The quantitative estimate of drug-likeness (QED) is 0.141. The molecule has 0 bridgehead atoms. The van der Waals surface area contributed by atoms with Crippen molar-refractivity contribution in [1.29, 1.82) is 0 Å². The van der Waals surface area contributed by atoms with Crippen LogP contribution in [0.15, 0.2) is 24.3 Å². The van der Waals surface area contributed by atoms with Gasteiger partial charge in [-0.3, -0.25) is 24.0 Å². The second kappa shape index (κ2) is 13.8. The van der Waals surface area contributed by atoms with Gasteiger partial charge in [0.1, 0.15) is 23.9 Å². The molecule has 1 aromatic rings. The van der Waals surface area contributed by atoms with Gasteiger partial charge in [0.25, 0.3) is 0 Å². The van der Waals surface area contributed by atoms with Gasteiger partial charge in [-0.25, -0.2) is 4.79 Å². The molecule has 8 N–H and O–H groups in total. The van der Waals surface area contributed by atoms with Crippen LogP contribution in [0.5, 0.6) is 5.75 Å². The molecule has 2 rings (SSSR count). The van der Waals surface area contributed by atoms with Crippen LogP contribution in [0.25, 0.3) is 0 Å². The van der Waals surface area contributed by atoms with E-state index in [1.807, 2.05) is 0 Å². The molecule has 14 nitrogen and oxygen atoms in total. The summed E-state index contributed by atoms with van der Waals surface area (Å²) in [7, 11) is 0. The highest BCUT2D eigenvalue weighted by molar-refractivity contribution is 5.95. The summed E-state index contributed by atoms with van der Waals surface area (Å²) >= 11 is 0. The summed E-state index contributed by atoms with van der Waals surface area (Å²) in [6.07, 6.45) is -0.732. The van der Waals surface area contributed by atoms with Crippen molar-refractivity contribution >= 4 is 35.6 Å². The number of benzene rings is 1. The maximum atomic E-state index is 12.9. The third-order valence-electron chi connectivity index (χ3n) is 5.66. The van der Waals surface area contributed by atoms with Crippen LogP contribution in [-0.4, -0.2) is 86.8 Å². The second-order valence-corrected chi connectivity index (χ2v) is 8.57. The Morgan fingerprint density at radius 1 is 0.865 bits per heavy atom. The van der Waals surface area contributed by atoms with E-state index in [9.17, 15) is 44.1 Å². The monoisotopic (exact) mass is 522 g/mol. The summed E-state index contributed by atoms with van der Waals surface area (Å²) in [5.74, 6) is -6.75. The van der Waals surface area contributed by atoms with E-state index in [1.165, 1.54) is 24.3 Å². The molecule has 1 heterocycles. The SMILES string of the molecule is O=C(O)CCC(NC(=O)C(CC(=O)O)NC(=O)C1CCCN1)C(=O)NC(Cc1ccc(O)cc1)C(=O)O. The van der Waals surface area contributed by atoms with E-state index in [0.717, 1.165) is 6.42 Å². The fraction of sp³-hybridized carbons (Fsp3) is 0.478. The molecule has 0 radical (unpaired) electrons. The van der Waals surface area contributed by atoms with Crippen LogP contribution >= 0.6 is 0 Å². The number of carboxylic acid groups (broad SMARTS) is 3. The van der Waals surface area contributed by atoms with Gasteiger partial charge < -0.3 is 41.7 Å². The van der Waals surface area contributed by atoms with Gasteiger partial charge in [-0.2, -0.15) is 0 Å². The van der Waals surface area contributed by atoms with Crippen molar-refractivity contribution in [3.05, 3.63) is 29.8 Å². The molecule has 1 aliphatic heterocycles. The smallest absolute Gasteiger partial charge is 0.326 e.